The largest absolute Gasteiger partial charge is 0.496 e. The van der Waals surface area contributed by atoms with E-state index >= 15 is 0 Å². The summed E-state index contributed by atoms with van der Waals surface area (Å²) in [6.45, 7) is 3.92. The maximum Gasteiger partial charge on any atom is 0.321 e. The van der Waals surface area contributed by atoms with Crippen molar-refractivity contribution < 1.29 is 9.53 Å². The zero-order chi connectivity index (χ0) is 14.5. The lowest BCUT2D eigenvalue weighted by atomic mass is 10.0. The molecule has 2 amide bonds. The molecule has 0 radical (unpaired) electrons. The molecule has 2 rings (SSSR count). The van der Waals surface area contributed by atoms with Gasteiger partial charge < -0.3 is 10.1 Å². The highest BCUT2D eigenvalue weighted by Gasteiger charge is 2.14. The topological polar surface area (TPSA) is 63.2 Å². The lowest BCUT2D eigenvalue weighted by Gasteiger charge is -2.18. The second-order valence-electron chi connectivity index (χ2n) is 4.40. The molecule has 1 atom stereocenters. The average Bonchev–Trinajstić information content (AvgIpc) is 2.91. The lowest BCUT2D eigenvalue weighted by Crippen LogP contribution is -2.31. The number of aromatic nitrogens is 1. The number of hydrogen-bond donors (Lipinski definition) is 2. The monoisotopic (exact) mass is 291 g/mol. The first-order chi connectivity index (χ1) is 9.60. The van der Waals surface area contributed by atoms with E-state index < -0.39 is 0 Å². The smallest absolute Gasteiger partial charge is 0.321 e. The van der Waals surface area contributed by atoms with Crippen molar-refractivity contribution in [1.82, 2.24) is 10.3 Å². The molecule has 1 heterocycles. The van der Waals surface area contributed by atoms with Gasteiger partial charge in [0.2, 0.25) is 0 Å². The molecule has 0 aliphatic carbocycles. The summed E-state index contributed by atoms with van der Waals surface area (Å²) in [6, 6.07) is 5.44. The second kappa shape index (κ2) is 6.38. The zero-order valence-electron chi connectivity index (χ0n) is 11.6. The molecule has 0 saturated carbocycles. The molecule has 0 aliphatic heterocycles. The maximum atomic E-state index is 11.9. The van der Waals surface area contributed by atoms with Gasteiger partial charge in [0.05, 0.1) is 13.2 Å². The van der Waals surface area contributed by atoms with Gasteiger partial charge in [-0.25, -0.2) is 9.78 Å². The lowest BCUT2D eigenvalue weighted by molar-refractivity contribution is 0.249. The molecular weight excluding hydrogens is 274 g/mol. The molecule has 2 N–H and O–H groups in total. The van der Waals surface area contributed by atoms with Gasteiger partial charge >= 0.3 is 6.03 Å². The van der Waals surface area contributed by atoms with E-state index in [4.69, 9.17) is 4.74 Å². The third kappa shape index (κ3) is 3.48. The second-order valence-corrected chi connectivity index (χ2v) is 5.30. The Morgan fingerprint density at radius 3 is 2.90 bits per heavy atom. The summed E-state index contributed by atoms with van der Waals surface area (Å²) in [5, 5.41) is 7.95. The van der Waals surface area contributed by atoms with Crippen LogP contribution in [0, 0.1) is 6.92 Å². The van der Waals surface area contributed by atoms with Crippen molar-refractivity contribution in [3.05, 3.63) is 40.9 Å². The van der Waals surface area contributed by atoms with E-state index in [9.17, 15) is 4.79 Å². The maximum absolute atomic E-state index is 11.9. The van der Waals surface area contributed by atoms with Gasteiger partial charge in [0.25, 0.3) is 0 Å². The number of carbonyl (C=O) groups excluding carboxylic acids is 1. The number of ether oxygens (including phenoxy) is 1. The molecule has 0 aliphatic rings. The molecule has 5 nitrogen and oxygen atoms in total. The van der Waals surface area contributed by atoms with E-state index in [2.05, 4.69) is 15.6 Å². The number of methoxy groups -OCH3 is 1. The summed E-state index contributed by atoms with van der Waals surface area (Å²) >= 11 is 1.38. The Morgan fingerprint density at radius 2 is 2.25 bits per heavy atom. The van der Waals surface area contributed by atoms with Crippen molar-refractivity contribution in [3.8, 4) is 5.75 Å². The van der Waals surface area contributed by atoms with Gasteiger partial charge in [0.1, 0.15) is 5.75 Å². The Labute approximate surface area is 122 Å². The van der Waals surface area contributed by atoms with Gasteiger partial charge in [-0.15, -0.1) is 11.3 Å². The number of urea groups is 1. The van der Waals surface area contributed by atoms with Crippen LogP contribution in [-0.4, -0.2) is 18.1 Å². The van der Waals surface area contributed by atoms with Gasteiger partial charge in [0.15, 0.2) is 5.13 Å². The molecule has 1 aromatic carbocycles. The van der Waals surface area contributed by atoms with Crippen molar-refractivity contribution in [3.63, 3.8) is 0 Å². The third-order valence-electron chi connectivity index (χ3n) is 2.85. The van der Waals surface area contributed by atoms with Crippen LogP contribution in [0.2, 0.25) is 0 Å². The predicted molar refractivity (Wildman–Crippen MR) is 80.4 cm³/mol. The van der Waals surface area contributed by atoms with Crippen LogP contribution in [0.3, 0.4) is 0 Å². The number of rotatable bonds is 4. The molecule has 1 aromatic heterocycles. The number of carbonyl (C=O) groups is 1. The van der Waals surface area contributed by atoms with E-state index in [1.165, 1.54) is 11.3 Å². The fourth-order valence-corrected chi connectivity index (χ4v) is 2.41. The standard InChI is InChI=1S/C14H17N3O2S/c1-9-4-5-12(19-3)11(8-9)10(2)16-13(18)17-14-15-6-7-20-14/h4-8,10H,1-3H3,(H2,15,16,17,18). The molecular formula is C14H17N3O2S. The van der Waals surface area contributed by atoms with Gasteiger partial charge in [-0.1, -0.05) is 17.7 Å². The Morgan fingerprint density at radius 1 is 1.45 bits per heavy atom. The van der Waals surface area contributed by atoms with E-state index in [0.29, 0.717) is 5.13 Å². The van der Waals surface area contributed by atoms with Crippen molar-refractivity contribution in [2.24, 2.45) is 0 Å². The van der Waals surface area contributed by atoms with Crippen molar-refractivity contribution in [2.75, 3.05) is 12.4 Å². The van der Waals surface area contributed by atoms with Gasteiger partial charge in [-0.2, -0.15) is 0 Å². The van der Waals surface area contributed by atoms with Crippen LogP contribution in [0.15, 0.2) is 29.8 Å². The van der Waals surface area contributed by atoms with Crippen LogP contribution >= 0.6 is 11.3 Å². The number of aryl methyl sites for hydroxylation is 1. The minimum absolute atomic E-state index is 0.162. The number of thiazole rings is 1. The molecule has 0 spiro atoms. The zero-order valence-corrected chi connectivity index (χ0v) is 12.5. The molecule has 1 unspecified atom stereocenters. The van der Waals surface area contributed by atoms with Gasteiger partial charge in [0, 0.05) is 17.1 Å². The van der Waals surface area contributed by atoms with Crippen LogP contribution < -0.4 is 15.4 Å². The summed E-state index contributed by atoms with van der Waals surface area (Å²) in [7, 11) is 1.62. The van der Waals surface area contributed by atoms with Crippen LogP contribution in [0.25, 0.3) is 0 Å². The van der Waals surface area contributed by atoms with Crippen LogP contribution in [0.1, 0.15) is 24.1 Å². The summed E-state index contributed by atoms with van der Waals surface area (Å²) < 4.78 is 5.33. The van der Waals surface area contributed by atoms with Gasteiger partial charge in [-0.05, 0) is 19.9 Å². The minimum Gasteiger partial charge on any atom is -0.496 e. The van der Waals surface area contributed by atoms with Crippen LogP contribution in [0.4, 0.5) is 9.93 Å². The average molecular weight is 291 g/mol. The number of hydrogen-bond acceptors (Lipinski definition) is 4. The van der Waals surface area contributed by atoms with Gasteiger partial charge in [-0.3, -0.25) is 5.32 Å². The van der Waals surface area contributed by atoms with E-state index in [1.54, 1.807) is 13.3 Å². The molecule has 0 saturated heterocycles. The quantitative estimate of drug-likeness (QED) is 0.908. The summed E-state index contributed by atoms with van der Waals surface area (Å²) in [5.74, 6) is 0.762. The number of nitrogens with one attached hydrogen (secondary N) is 2. The number of nitrogens with zero attached hydrogens (tertiary/aromatic N) is 1. The highest BCUT2D eigenvalue weighted by molar-refractivity contribution is 7.13. The van der Waals surface area contributed by atoms with Crippen LogP contribution in [0.5, 0.6) is 5.75 Å². The Bertz CT molecular complexity index is 584. The highest BCUT2D eigenvalue weighted by Crippen LogP contribution is 2.26. The summed E-state index contributed by atoms with van der Waals surface area (Å²) in [5.41, 5.74) is 2.07. The Balaban J connectivity index is 2.06. The Hall–Kier alpha value is -2.08. The number of benzene rings is 1. The van der Waals surface area contributed by atoms with E-state index in [0.717, 1.165) is 16.9 Å². The van der Waals surface area contributed by atoms with Crippen LogP contribution in [-0.2, 0) is 0 Å². The van der Waals surface area contributed by atoms with Crippen molar-refractivity contribution in [1.29, 1.82) is 0 Å². The summed E-state index contributed by atoms with van der Waals surface area (Å²) in [4.78, 5) is 15.9. The SMILES string of the molecule is COc1ccc(C)cc1C(C)NC(=O)Nc1nccs1. The molecule has 6 heteroatoms. The minimum atomic E-state index is -0.281. The highest BCUT2D eigenvalue weighted by atomic mass is 32.1. The fraction of sp³-hybridized carbons (Fsp3) is 0.286. The molecule has 0 fully saturated rings. The third-order valence-corrected chi connectivity index (χ3v) is 3.54. The fourth-order valence-electron chi connectivity index (χ4n) is 1.88. The Kier molecular flexibility index (Phi) is 4.57. The molecule has 106 valence electrons. The first kappa shape index (κ1) is 14.3. The first-order valence-electron chi connectivity index (χ1n) is 6.21. The molecule has 2 aromatic rings. The number of amides is 2. The predicted octanol–water partition coefficient (Wildman–Crippen LogP) is 3.34. The number of anilines is 1. The molecule has 20 heavy (non-hydrogen) atoms. The van der Waals surface area contributed by atoms with E-state index in [-0.39, 0.29) is 12.1 Å². The van der Waals surface area contributed by atoms with E-state index in [1.807, 2.05) is 37.4 Å². The summed E-state index contributed by atoms with van der Waals surface area (Å²) in [6.07, 6.45) is 1.65. The molecule has 0 bridgehead atoms. The van der Waals surface area contributed by atoms with Crippen molar-refractivity contribution >= 4 is 22.5 Å². The normalized spacial score (nSPS) is 11.8. The van der Waals surface area contributed by atoms with Crippen molar-refractivity contribution in [2.45, 2.75) is 19.9 Å². The first-order valence-corrected chi connectivity index (χ1v) is 7.09.